The summed E-state index contributed by atoms with van der Waals surface area (Å²) in [6, 6.07) is 8.21. The van der Waals surface area contributed by atoms with Crippen molar-refractivity contribution in [2.24, 2.45) is 5.92 Å². The molecule has 0 atom stereocenters. The average Bonchev–Trinajstić information content (AvgIpc) is 2.58. The Morgan fingerprint density at radius 2 is 1.70 bits per heavy atom. The summed E-state index contributed by atoms with van der Waals surface area (Å²) in [5.41, 5.74) is 1.25. The van der Waals surface area contributed by atoms with Crippen LogP contribution in [0.1, 0.15) is 31.2 Å². The van der Waals surface area contributed by atoms with Gasteiger partial charge < -0.3 is 15.0 Å². The van der Waals surface area contributed by atoms with E-state index in [-0.39, 0.29) is 24.4 Å². The van der Waals surface area contributed by atoms with E-state index >= 15 is 0 Å². The van der Waals surface area contributed by atoms with Gasteiger partial charge >= 0.3 is 0 Å². The zero-order valence-corrected chi connectivity index (χ0v) is 14.6. The molecule has 3 rings (SSSR count). The molecule has 0 spiro atoms. The Balaban J connectivity index is 0.00000192. The maximum atomic E-state index is 12.5. The van der Waals surface area contributed by atoms with E-state index in [1.165, 1.54) is 5.56 Å². The van der Waals surface area contributed by atoms with Gasteiger partial charge in [-0.3, -0.25) is 4.79 Å². The number of rotatable bonds is 3. The van der Waals surface area contributed by atoms with Crippen LogP contribution in [0.5, 0.6) is 5.75 Å². The molecule has 0 aromatic heterocycles. The Bertz CT molecular complexity index is 492. The van der Waals surface area contributed by atoms with Crippen LogP contribution in [0.4, 0.5) is 0 Å². The molecule has 0 saturated carbocycles. The van der Waals surface area contributed by atoms with Gasteiger partial charge in [-0.15, -0.1) is 12.4 Å². The second-order valence-corrected chi connectivity index (χ2v) is 6.48. The molecule has 0 radical (unpaired) electrons. The first-order valence-corrected chi connectivity index (χ1v) is 8.45. The zero-order valence-electron chi connectivity index (χ0n) is 13.8. The lowest BCUT2D eigenvalue weighted by Crippen LogP contribution is -2.46. The SMILES string of the molecule is Cc1ccc(OC2CCN(C(=O)C3CCNCC3)CC2)cc1.Cl. The maximum absolute atomic E-state index is 12.5. The highest BCUT2D eigenvalue weighted by molar-refractivity contribution is 5.85. The highest BCUT2D eigenvalue weighted by Gasteiger charge is 2.29. The number of amides is 1. The number of likely N-dealkylation sites (tertiary alicyclic amines) is 1. The topological polar surface area (TPSA) is 41.6 Å². The van der Waals surface area contributed by atoms with Gasteiger partial charge in [0.2, 0.25) is 5.91 Å². The Morgan fingerprint density at radius 3 is 2.30 bits per heavy atom. The van der Waals surface area contributed by atoms with Gasteiger partial charge in [0.25, 0.3) is 0 Å². The van der Waals surface area contributed by atoms with Gasteiger partial charge in [0, 0.05) is 31.8 Å². The molecule has 2 saturated heterocycles. The van der Waals surface area contributed by atoms with Crippen LogP contribution in [0.3, 0.4) is 0 Å². The molecule has 5 heteroatoms. The second-order valence-electron chi connectivity index (χ2n) is 6.48. The predicted octanol–water partition coefficient (Wildman–Crippen LogP) is 2.79. The Morgan fingerprint density at radius 1 is 1.09 bits per heavy atom. The van der Waals surface area contributed by atoms with Crippen molar-refractivity contribution in [3.63, 3.8) is 0 Å². The first-order valence-electron chi connectivity index (χ1n) is 8.45. The third kappa shape index (κ3) is 4.85. The molecular formula is C18H27ClN2O2. The minimum absolute atomic E-state index is 0. The number of nitrogens with zero attached hydrogens (tertiary/aromatic N) is 1. The van der Waals surface area contributed by atoms with Crippen molar-refractivity contribution in [2.45, 2.75) is 38.7 Å². The van der Waals surface area contributed by atoms with E-state index in [4.69, 9.17) is 4.74 Å². The Labute approximate surface area is 145 Å². The molecular weight excluding hydrogens is 312 g/mol. The number of aryl methyl sites for hydroxylation is 1. The third-order valence-corrected chi connectivity index (χ3v) is 4.77. The lowest BCUT2D eigenvalue weighted by molar-refractivity contribution is -0.138. The smallest absolute Gasteiger partial charge is 0.225 e. The summed E-state index contributed by atoms with van der Waals surface area (Å²) in [6.45, 7) is 5.69. The van der Waals surface area contributed by atoms with Crippen molar-refractivity contribution in [2.75, 3.05) is 26.2 Å². The maximum Gasteiger partial charge on any atom is 0.225 e. The fraction of sp³-hybridized carbons (Fsp3) is 0.611. The quantitative estimate of drug-likeness (QED) is 0.921. The van der Waals surface area contributed by atoms with Crippen LogP contribution in [0.15, 0.2) is 24.3 Å². The standard InChI is InChI=1S/C18H26N2O2.ClH/c1-14-2-4-16(5-3-14)22-17-8-12-20(13-9-17)18(21)15-6-10-19-11-7-15;/h2-5,15,17,19H,6-13H2,1H3;1H. The molecule has 128 valence electrons. The second kappa shape index (κ2) is 8.55. The van der Waals surface area contributed by atoms with E-state index in [0.29, 0.717) is 5.91 Å². The summed E-state index contributed by atoms with van der Waals surface area (Å²) in [5.74, 6) is 1.53. The van der Waals surface area contributed by atoms with Crippen molar-refractivity contribution < 1.29 is 9.53 Å². The van der Waals surface area contributed by atoms with Crippen molar-refractivity contribution >= 4 is 18.3 Å². The molecule has 0 aliphatic carbocycles. The van der Waals surface area contributed by atoms with Gasteiger partial charge in [-0.2, -0.15) is 0 Å². The number of ether oxygens (including phenoxy) is 1. The van der Waals surface area contributed by atoms with Crippen LogP contribution in [-0.4, -0.2) is 43.1 Å². The van der Waals surface area contributed by atoms with Gasteiger partial charge in [-0.1, -0.05) is 17.7 Å². The minimum atomic E-state index is 0. The van der Waals surface area contributed by atoms with Crippen molar-refractivity contribution in [1.29, 1.82) is 0 Å². The van der Waals surface area contributed by atoms with Crippen LogP contribution in [0.25, 0.3) is 0 Å². The van der Waals surface area contributed by atoms with E-state index in [2.05, 4.69) is 24.4 Å². The third-order valence-electron chi connectivity index (χ3n) is 4.77. The molecule has 0 bridgehead atoms. The number of carbonyl (C=O) groups excluding carboxylic acids is 1. The lowest BCUT2D eigenvalue weighted by Gasteiger charge is -2.35. The molecule has 1 amide bonds. The van der Waals surface area contributed by atoms with Gasteiger partial charge in [0.1, 0.15) is 11.9 Å². The summed E-state index contributed by atoms with van der Waals surface area (Å²) in [7, 11) is 0. The van der Waals surface area contributed by atoms with Crippen LogP contribution in [-0.2, 0) is 4.79 Å². The largest absolute Gasteiger partial charge is 0.490 e. The number of carbonyl (C=O) groups is 1. The van der Waals surface area contributed by atoms with Crippen molar-refractivity contribution in [3.05, 3.63) is 29.8 Å². The predicted molar refractivity (Wildman–Crippen MR) is 94.3 cm³/mol. The molecule has 2 heterocycles. The average molecular weight is 339 g/mol. The number of halogens is 1. The molecule has 2 aliphatic rings. The van der Waals surface area contributed by atoms with Crippen molar-refractivity contribution in [1.82, 2.24) is 10.2 Å². The van der Waals surface area contributed by atoms with Gasteiger partial charge in [-0.25, -0.2) is 0 Å². The van der Waals surface area contributed by atoms with E-state index in [1.807, 2.05) is 17.0 Å². The number of piperidine rings is 2. The zero-order chi connectivity index (χ0) is 15.4. The van der Waals surface area contributed by atoms with Gasteiger partial charge in [-0.05, 0) is 45.0 Å². The lowest BCUT2D eigenvalue weighted by atomic mass is 9.95. The molecule has 0 unspecified atom stereocenters. The monoisotopic (exact) mass is 338 g/mol. The Kier molecular flexibility index (Phi) is 6.72. The number of hydrogen-bond donors (Lipinski definition) is 1. The normalized spacial score (nSPS) is 20.0. The van der Waals surface area contributed by atoms with E-state index in [0.717, 1.165) is 57.6 Å². The fourth-order valence-electron chi connectivity index (χ4n) is 3.33. The molecule has 1 aromatic carbocycles. The molecule has 23 heavy (non-hydrogen) atoms. The van der Waals surface area contributed by atoms with Gasteiger partial charge in [0.15, 0.2) is 0 Å². The molecule has 2 fully saturated rings. The first kappa shape index (κ1) is 18.1. The van der Waals surface area contributed by atoms with E-state index in [1.54, 1.807) is 0 Å². The molecule has 2 aliphatic heterocycles. The number of benzene rings is 1. The van der Waals surface area contributed by atoms with Crippen LogP contribution < -0.4 is 10.1 Å². The van der Waals surface area contributed by atoms with Crippen LogP contribution in [0.2, 0.25) is 0 Å². The molecule has 4 nitrogen and oxygen atoms in total. The summed E-state index contributed by atoms with van der Waals surface area (Å²) in [5, 5.41) is 3.32. The van der Waals surface area contributed by atoms with E-state index < -0.39 is 0 Å². The number of nitrogens with one attached hydrogen (secondary N) is 1. The van der Waals surface area contributed by atoms with Crippen LogP contribution in [0, 0.1) is 12.8 Å². The van der Waals surface area contributed by atoms with E-state index in [9.17, 15) is 4.79 Å². The van der Waals surface area contributed by atoms with Crippen molar-refractivity contribution in [3.8, 4) is 5.75 Å². The summed E-state index contributed by atoms with van der Waals surface area (Å²) < 4.78 is 6.04. The highest BCUT2D eigenvalue weighted by atomic mass is 35.5. The van der Waals surface area contributed by atoms with Gasteiger partial charge in [0.05, 0.1) is 0 Å². The molecule has 1 N–H and O–H groups in total. The number of hydrogen-bond acceptors (Lipinski definition) is 3. The first-order chi connectivity index (χ1) is 10.7. The summed E-state index contributed by atoms with van der Waals surface area (Å²) >= 11 is 0. The minimum Gasteiger partial charge on any atom is -0.490 e. The summed E-state index contributed by atoms with van der Waals surface area (Å²) in [6.07, 6.45) is 4.08. The Hall–Kier alpha value is -1.26. The highest BCUT2D eigenvalue weighted by Crippen LogP contribution is 2.22. The molecule has 1 aromatic rings. The van der Waals surface area contributed by atoms with Crippen LogP contribution >= 0.6 is 12.4 Å². The fourth-order valence-corrected chi connectivity index (χ4v) is 3.33. The summed E-state index contributed by atoms with van der Waals surface area (Å²) in [4.78, 5) is 14.6.